The van der Waals surface area contributed by atoms with Gasteiger partial charge in [0.1, 0.15) is 6.42 Å². The number of ether oxygens (including phenoxy) is 1. The maximum atomic E-state index is 11.5. The van der Waals surface area contributed by atoms with E-state index < -0.39 is 5.97 Å². The number of fused-ring (bicyclic) bond motifs is 2. The highest BCUT2D eigenvalue weighted by atomic mass is 16.5. The molecule has 0 spiro atoms. The molecule has 2 heterocycles. The number of nitrogens with one attached hydrogen (secondary N) is 1. The molecule has 2 aliphatic carbocycles. The van der Waals surface area contributed by atoms with Gasteiger partial charge < -0.3 is 14.5 Å². The van der Waals surface area contributed by atoms with Gasteiger partial charge in [0.05, 0.1) is 12.2 Å². The molecule has 1 aromatic carbocycles. The van der Waals surface area contributed by atoms with E-state index in [1.165, 1.54) is 35.1 Å². The molecule has 0 fully saturated rings. The summed E-state index contributed by atoms with van der Waals surface area (Å²) in [6.07, 6.45) is 7.65. The third kappa shape index (κ3) is 3.57. The van der Waals surface area contributed by atoms with E-state index in [4.69, 9.17) is 9.15 Å². The summed E-state index contributed by atoms with van der Waals surface area (Å²) < 4.78 is 10.4. The van der Waals surface area contributed by atoms with Gasteiger partial charge >= 0.3 is 5.97 Å². The number of hydrogen-bond acceptors (Lipinski definition) is 8. The molecule has 148 valence electrons. The summed E-state index contributed by atoms with van der Waals surface area (Å²) in [6.45, 7) is 2.07. The first kappa shape index (κ1) is 17.8. The van der Waals surface area contributed by atoms with Crippen LogP contribution in [-0.2, 0) is 41.6 Å². The molecule has 5 rings (SSSR count). The number of aromatic nitrogens is 4. The molecule has 29 heavy (non-hydrogen) atoms. The van der Waals surface area contributed by atoms with Gasteiger partial charge in [-0.05, 0) is 54.9 Å². The summed E-state index contributed by atoms with van der Waals surface area (Å²) in [7, 11) is 0. The van der Waals surface area contributed by atoms with E-state index in [1.807, 2.05) is 0 Å². The third-order valence-corrected chi connectivity index (χ3v) is 5.42. The lowest BCUT2D eigenvalue weighted by atomic mass is 9.85. The second-order valence-electron chi connectivity index (χ2n) is 7.42. The van der Waals surface area contributed by atoms with Crippen LogP contribution in [0.1, 0.15) is 35.1 Å². The molecular weight excluding hydrogens is 370 g/mol. The average molecular weight is 391 g/mol. The molecule has 0 unspecified atom stereocenters. The second-order valence-corrected chi connectivity index (χ2v) is 7.42. The van der Waals surface area contributed by atoms with Gasteiger partial charge in [-0.2, -0.15) is 0 Å². The Morgan fingerprint density at radius 2 is 1.79 bits per heavy atom. The Labute approximate surface area is 167 Å². The number of nitrogens with zero attached hydrogens (tertiary/aromatic N) is 4. The van der Waals surface area contributed by atoms with Crippen LogP contribution in [0.25, 0.3) is 11.5 Å². The highest BCUT2D eigenvalue weighted by molar-refractivity contribution is 5.71. The van der Waals surface area contributed by atoms with Gasteiger partial charge in [-0.1, -0.05) is 12.1 Å². The van der Waals surface area contributed by atoms with E-state index in [9.17, 15) is 4.79 Å². The van der Waals surface area contributed by atoms with Crippen molar-refractivity contribution in [1.82, 2.24) is 20.2 Å². The minimum Gasteiger partial charge on any atom is -0.466 e. The number of aryl methyl sites for hydroxylation is 2. The molecule has 2 aromatic heterocycles. The molecule has 0 amide bonds. The van der Waals surface area contributed by atoms with Gasteiger partial charge in [0.15, 0.2) is 0 Å². The van der Waals surface area contributed by atoms with Crippen molar-refractivity contribution in [1.29, 1.82) is 0 Å². The smallest absolute Gasteiger partial charge is 0.315 e. The van der Waals surface area contributed by atoms with Crippen LogP contribution < -0.4 is 5.32 Å². The fourth-order valence-corrected chi connectivity index (χ4v) is 3.91. The largest absolute Gasteiger partial charge is 0.466 e. The second kappa shape index (κ2) is 7.27. The number of esters is 1. The lowest BCUT2D eigenvalue weighted by Crippen LogP contribution is -2.20. The fraction of sp³-hybridized carbons (Fsp3) is 0.381. The first-order chi connectivity index (χ1) is 14.2. The zero-order valence-electron chi connectivity index (χ0n) is 16.1. The van der Waals surface area contributed by atoms with Gasteiger partial charge in [-0.25, -0.2) is 9.97 Å². The van der Waals surface area contributed by atoms with Crippen LogP contribution >= 0.6 is 0 Å². The number of hydrogen-bond donors (Lipinski definition) is 1. The number of rotatable bonds is 6. The summed E-state index contributed by atoms with van der Waals surface area (Å²) in [5, 5.41) is 11.3. The predicted molar refractivity (Wildman–Crippen MR) is 104 cm³/mol. The van der Waals surface area contributed by atoms with Crippen LogP contribution in [0.3, 0.4) is 0 Å². The van der Waals surface area contributed by atoms with Crippen molar-refractivity contribution in [2.75, 3.05) is 11.9 Å². The lowest BCUT2D eigenvalue weighted by Gasteiger charge is -2.19. The van der Waals surface area contributed by atoms with E-state index in [-0.39, 0.29) is 18.2 Å². The topological polar surface area (TPSA) is 103 Å². The third-order valence-electron chi connectivity index (χ3n) is 5.42. The molecule has 0 aliphatic heterocycles. The summed E-state index contributed by atoms with van der Waals surface area (Å²) in [5.41, 5.74) is 6.50. The zero-order valence-corrected chi connectivity index (χ0v) is 16.1. The molecule has 1 N–H and O–H groups in total. The van der Waals surface area contributed by atoms with Gasteiger partial charge in [0.25, 0.3) is 5.89 Å². The van der Waals surface area contributed by atoms with E-state index >= 15 is 0 Å². The van der Waals surface area contributed by atoms with E-state index in [1.54, 1.807) is 19.3 Å². The zero-order chi connectivity index (χ0) is 19.8. The van der Waals surface area contributed by atoms with E-state index in [0.717, 1.165) is 12.8 Å². The first-order valence-electron chi connectivity index (χ1n) is 9.88. The Kier molecular flexibility index (Phi) is 4.46. The normalized spacial score (nSPS) is 14.8. The Morgan fingerprint density at radius 3 is 2.41 bits per heavy atom. The van der Waals surface area contributed by atoms with Crippen LogP contribution in [0.5, 0.6) is 0 Å². The standard InChI is InChI=1S/C21H21N5O3/c1-2-28-19(27)9-18-25-26-20(29-18)16-10-22-21(23-11-16)24-17-7-14-5-12-3-4-13(12)6-15(14)8-17/h5-6,10-11,17H,2-4,7-9H2,1H3,(H,22,23,24). The van der Waals surface area contributed by atoms with Crippen molar-refractivity contribution in [2.45, 2.75) is 45.1 Å². The van der Waals surface area contributed by atoms with Crippen molar-refractivity contribution in [3.05, 3.63) is 52.7 Å². The number of benzene rings is 1. The monoisotopic (exact) mass is 391 g/mol. The quantitative estimate of drug-likeness (QED) is 0.639. The molecule has 0 atom stereocenters. The van der Waals surface area contributed by atoms with Crippen LogP contribution in [0, 0.1) is 0 Å². The maximum Gasteiger partial charge on any atom is 0.315 e. The van der Waals surface area contributed by atoms with Gasteiger partial charge in [-0.15, -0.1) is 10.2 Å². The van der Waals surface area contributed by atoms with Crippen LogP contribution in [0.15, 0.2) is 28.9 Å². The molecule has 0 saturated heterocycles. The molecule has 0 radical (unpaired) electrons. The summed E-state index contributed by atoms with van der Waals surface area (Å²) >= 11 is 0. The molecule has 2 aliphatic rings. The number of carbonyl (C=O) groups is 1. The van der Waals surface area contributed by atoms with E-state index in [0.29, 0.717) is 24.2 Å². The molecule has 0 bridgehead atoms. The van der Waals surface area contributed by atoms with Crippen molar-refractivity contribution in [3.8, 4) is 11.5 Å². The minimum absolute atomic E-state index is 0.0486. The highest BCUT2D eigenvalue weighted by Crippen LogP contribution is 2.32. The van der Waals surface area contributed by atoms with Crippen LogP contribution in [0.4, 0.5) is 5.95 Å². The summed E-state index contributed by atoms with van der Waals surface area (Å²) in [6, 6.07) is 5.03. The maximum absolute atomic E-state index is 11.5. The Bertz CT molecular complexity index is 1030. The Balaban J connectivity index is 1.22. The predicted octanol–water partition coefficient (Wildman–Crippen LogP) is 2.31. The molecule has 3 aromatic rings. The number of anilines is 1. The Hall–Kier alpha value is -3.29. The average Bonchev–Trinajstić information content (AvgIpc) is 3.31. The van der Waals surface area contributed by atoms with Crippen LogP contribution in [-0.4, -0.2) is 38.8 Å². The summed E-state index contributed by atoms with van der Waals surface area (Å²) in [5.74, 6) is 0.668. The van der Waals surface area contributed by atoms with Crippen molar-refractivity contribution >= 4 is 11.9 Å². The molecule has 8 heteroatoms. The van der Waals surface area contributed by atoms with Crippen molar-refractivity contribution in [2.24, 2.45) is 0 Å². The van der Waals surface area contributed by atoms with Crippen LogP contribution in [0.2, 0.25) is 0 Å². The molecular formula is C21H21N5O3. The Morgan fingerprint density at radius 1 is 1.10 bits per heavy atom. The van der Waals surface area contributed by atoms with Gasteiger partial charge in [0, 0.05) is 18.4 Å². The van der Waals surface area contributed by atoms with Crippen molar-refractivity contribution in [3.63, 3.8) is 0 Å². The van der Waals surface area contributed by atoms with Crippen molar-refractivity contribution < 1.29 is 13.9 Å². The first-order valence-corrected chi connectivity index (χ1v) is 9.88. The highest BCUT2D eigenvalue weighted by Gasteiger charge is 2.25. The fourth-order valence-electron chi connectivity index (χ4n) is 3.91. The lowest BCUT2D eigenvalue weighted by molar-refractivity contribution is -0.142. The minimum atomic E-state index is -0.398. The van der Waals surface area contributed by atoms with Gasteiger partial charge in [0.2, 0.25) is 11.8 Å². The number of carbonyl (C=O) groups excluding carboxylic acids is 1. The molecule has 0 saturated carbocycles. The van der Waals surface area contributed by atoms with E-state index in [2.05, 4.69) is 37.6 Å². The summed E-state index contributed by atoms with van der Waals surface area (Å²) in [4.78, 5) is 20.3. The van der Waals surface area contributed by atoms with Gasteiger partial charge in [-0.3, -0.25) is 4.79 Å². The SMILES string of the molecule is CCOC(=O)Cc1nnc(-c2cnc(NC3Cc4cc5c(cc4C3)CC5)nc2)o1. The molecule has 8 nitrogen and oxygen atoms in total.